The number of benzene rings is 1. The predicted octanol–water partition coefficient (Wildman–Crippen LogP) is 4.25. The van der Waals surface area contributed by atoms with Crippen LogP contribution in [0, 0.1) is 18.3 Å². The van der Waals surface area contributed by atoms with E-state index in [9.17, 15) is 4.79 Å². The molecular weight excluding hydrogens is 234 g/mol. The van der Waals surface area contributed by atoms with Crippen LogP contribution in [-0.4, -0.2) is 5.91 Å². The topological polar surface area (TPSA) is 29.1 Å². The van der Waals surface area contributed by atoms with Gasteiger partial charge in [-0.05, 0) is 42.2 Å². The van der Waals surface area contributed by atoms with Gasteiger partial charge in [0.15, 0.2) is 0 Å². The van der Waals surface area contributed by atoms with E-state index in [1.165, 1.54) is 36.8 Å². The molecule has 0 spiro atoms. The summed E-state index contributed by atoms with van der Waals surface area (Å²) < 4.78 is 0. The average molecular weight is 257 g/mol. The van der Waals surface area contributed by atoms with Crippen LogP contribution >= 0.6 is 0 Å². The van der Waals surface area contributed by atoms with Crippen molar-refractivity contribution in [1.82, 2.24) is 0 Å². The number of hydrogen-bond acceptors (Lipinski definition) is 1. The number of carbonyl (C=O) groups excluding carboxylic acids is 1. The number of aryl methyl sites for hydroxylation is 1. The molecule has 0 radical (unpaired) electrons. The summed E-state index contributed by atoms with van der Waals surface area (Å²) >= 11 is 0. The second-order valence-electron chi connectivity index (χ2n) is 6.85. The van der Waals surface area contributed by atoms with Crippen molar-refractivity contribution in [2.75, 3.05) is 5.32 Å². The standard InChI is InChI=1S/C17H23NO/c1-11-7-6-8-12-14(16(19)18-15(11)12)13-9-4-5-10-17(13,2)3/h6-8,13-14H,4-5,9-10H2,1-3H3,(H,18,19). The molecule has 1 aromatic carbocycles. The van der Waals surface area contributed by atoms with Crippen molar-refractivity contribution in [1.29, 1.82) is 0 Å². The van der Waals surface area contributed by atoms with Gasteiger partial charge in [0, 0.05) is 5.69 Å². The summed E-state index contributed by atoms with van der Waals surface area (Å²) in [5.41, 5.74) is 3.75. The van der Waals surface area contributed by atoms with Crippen molar-refractivity contribution < 1.29 is 4.79 Å². The van der Waals surface area contributed by atoms with E-state index in [1.807, 2.05) is 0 Å². The smallest absolute Gasteiger partial charge is 0.232 e. The first-order valence-corrected chi connectivity index (χ1v) is 7.41. The molecule has 0 bridgehead atoms. The monoisotopic (exact) mass is 257 g/mol. The van der Waals surface area contributed by atoms with Crippen molar-refractivity contribution >= 4 is 11.6 Å². The first-order chi connectivity index (χ1) is 9.00. The zero-order valence-electron chi connectivity index (χ0n) is 12.1. The van der Waals surface area contributed by atoms with Gasteiger partial charge in [0.25, 0.3) is 0 Å². The molecule has 2 nitrogen and oxygen atoms in total. The summed E-state index contributed by atoms with van der Waals surface area (Å²) in [4.78, 5) is 12.5. The fourth-order valence-corrected chi connectivity index (χ4v) is 4.00. The molecule has 2 unspecified atom stereocenters. The zero-order valence-corrected chi connectivity index (χ0v) is 12.1. The number of hydrogen-bond donors (Lipinski definition) is 1. The number of anilines is 1. The second-order valence-corrected chi connectivity index (χ2v) is 6.85. The molecule has 1 amide bonds. The van der Waals surface area contributed by atoms with Crippen LogP contribution in [0.2, 0.25) is 0 Å². The highest BCUT2D eigenvalue weighted by molar-refractivity contribution is 6.04. The molecule has 1 heterocycles. The van der Waals surface area contributed by atoms with Gasteiger partial charge >= 0.3 is 0 Å². The first-order valence-electron chi connectivity index (χ1n) is 7.41. The highest BCUT2D eigenvalue weighted by atomic mass is 16.2. The number of carbonyl (C=O) groups is 1. The first kappa shape index (κ1) is 12.7. The molecule has 0 saturated heterocycles. The molecule has 2 heteroatoms. The molecule has 102 valence electrons. The van der Waals surface area contributed by atoms with Crippen LogP contribution in [0.3, 0.4) is 0 Å². The maximum Gasteiger partial charge on any atom is 0.232 e. The summed E-state index contributed by atoms with van der Waals surface area (Å²) in [5, 5.41) is 3.11. The third-order valence-electron chi connectivity index (χ3n) is 5.16. The van der Waals surface area contributed by atoms with Gasteiger partial charge in [-0.3, -0.25) is 4.79 Å². The predicted molar refractivity (Wildman–Crippen MR) is 78.3 cm³/mol. The van der Waals surface area contributed by atoms with Crippen molar-refractivity contribution in [3.63, 3.8) is 0 Å². The maximum absolute atomic E-state index is 12.5. The lowest BCUT2D eigenvalue weighted by atomic mass is 9.62. The molecule has 0 aromatic heterocycles. The molecule has 1 aromatic rings. The van der Waals surface area contributed by atoms with Gasteiger partial charge in [-0.15, -0.1) is 0 Å². The minimum absolute atomic E-state index is 0.0604. The van der Waals surface area contributed by atoms with E-state index in [1.54, 1.807) is 0 Å². The molecule has 2 atom stereocenters. The Kier molecular flexibility index (Phi) is 2.92. The fraction of sp³-hybridized carbons (Fsp3) is 0.588. The van der Waals surface area contributed by atoms with Gasteiger partial charge in [0.1, 0.15) is 0 Å². The Balaban J connectivity index is 2.02. The van der Waals surface area contributed by atoms with E-state index >= 15 is 0 Å². The Labute approximate surface area is 115 Å². The number of rotatable bonds is 1. The largest absolute Gasteiger partial charge is 0.325 e. The Morgan fingerprint density at radius 2 is 2.05 bits per heavy atom. The third-order valence-corrected chi connectivity index (χ3v) is 5.16. The van der Waals surface area contributed by atoms with E-state index in [0.717, 1.165) is 5.69 Å². The zero-order chi connectivity index (χ0) is 13.6. The summed E-state index contributed by atoms with van der Waals surface area (Å²) in [6.45, 7) is 6.74. The van der Waals surface area contributed by atoms with Crippen LogP contribution in [0.25, 0.3) is 0 Å². The van der Waals surface area contributed by atoms with Crippen LogP contribution in [0.1, 0.15) is 56.6 Å². The van der Waals surface area contributed by atoms with Crippen molar-refractivity contribution in [2.24, 2.45) is 11.3 Å². The number of fused-ring (bicyclic) bond motifs is 1. The molecule has 1 N–H and O–H groups in total. The number of nitrogens with one attached hydrogen (secondary N) is 1. The van der Waals surface area contributed by atoms with Crippen molar-refractivity contribution in [2.45, 2.75) is 52.4 Å². The van der Waals surface area contributed by atoms with E-state index in [4.69, 9.17) is 0 Å². The Morgan fingerprint density at radius 3 is 2.79 bits per heavy atom. The molecule has 2 aliphatic rings. The van der Waals surface area contributed by atoms with Gasteiger partial charge in [-0.2, -0.15) is 0 Å². The molecule has 1 aliphatic heterocycles. The Morgan fingerprint density at radius 1 is 1.26 bits per heavy atom. The van der Waals surface area contributed by atoms with Gasteiger partial charge in [0.05, 0.1) is 5.92 Å². The lowest BCUT2D eigenvalue weighted by molar-refractivity contribution is -0.119. The lowest BCUT2D eigenvalue weighted by Crippen LogP contribution is -2.35. The SMILES string of the molecule is Cc1cccc2c1NC(=O)C2C1CCCCC1(C)C. The van der Waals surface area contributed by atoms with Gasteiger partial charge in [-0.1, -0.05) is 44.9 Å². The number of amides is 1. The van der Waals surface area contributed by atoms with Gasteiger partial charge in [0.2, 0.25) is 5.91 Å². The maximum atomic E-state index is 12.5. The quantitative estimate of drug-likeness (QED) is 0.800. The fourth-order valence-electron chi connectivity index (χ4n) is 4.00. The van der Waals surface area contributed by atoms with Crippen LogP contribution in [0.5, 0.6) is 0 Å². The number of para-hydroxylation sites is 1. The van der Waals surface area contributed by atoms with E-state index in [0.29, 0.717) is 5.92 Å². The van der Waals surface area contributed by atoms with Crippen LogP contribution in [0.15, 0.2) is 18.2 Å². The van der Waals surface area contributed by atoms with Crippen LogP contribution in [0.4, 0.5) is 5.69 Å². The summed E-state index contributed by atoms with van der Waals surface area (Å²) in [6, 6.07) is 6.29. The average Bonchev–Trinajstić information content (AvgIpc) is 2.67. The van der Waals surface area contributed by atoms with Crippen molar-refractivity contribution in [3.8, 4) is 0 Å². The summed E-state index contributed by atoms with van der Waals surface area (Å²) in [5.74, 6) is 0.749. The van der Waals surface area contributed by atoms with E-state index in [-0.39, 0.29) is 17.2 Å². The minimum Gasteiger partial charge on any atom is -0.325 e. The molecular formula is C17H23NO. The third kappa shape index (κ3) is 1.98. The normalized spacial score (nSPS) is 28.9. The molecule has 1 saturated carbocycles. The Hall–Kier alpha value is -1.31. The molecule has 19 heavy (non-hydrogen) atoms. The van der Waals surface area contributed by atoms with Crippen LogP contribution < -0.4 is 5.32 Å². The molecule has 1 aliphatic carbocycles. The highest BCUT2D eigenvalue weighted by Gasteiger charge is 2.44. The summed E-state index contributed by atoms with van der Waals surface area (Å²) in [6.07, 6.45) is 4.98. The summed E-state index contributed by atoms with van der Waals surface area (Å²) in [7, 11) is 0. The Bertz CT molecular complexity index is 518. The molecule has 1 fully saturated rings. The van der Waals surface area contributed by atoms with Gasteiger partial charge < -0.3 is 5.32 Å². The van der Waals surface area contributed by atoms with Crippen LogP contribution in [-0.2, 0) is 4.79 Å². The second kappa shape index (κ2) is 4.36. The van der Waals surface area contributed by atoms with E-state index < -0.39 is 0 Å². The highest BCUT2D eigenvalue weighted by Crippen LogP contribution is 2.51. The lowest BCUT2D eigenvalue weighted by Gasteiger charge is -2.41. The van der Waals surface area contributed by atoms with Crippen molar-refractivity contribution in [3.05, 3.63) is 29.3 Å². The minimum atomic E-state index is 0.0604. The van der Waals surface area contributed by atoms with E-state index in [2.05, 4.69) is 44.3 Å². The molecule has 3 rings (SSSR count). The van der Waals surface area contributed by atoms with Gasteiger partial charge in [-0.25, -0.2) is 0 Å².